The van der Waals surface area contributed by atoms with Crippen molar-refractivity contribution in [3.05, 3.63) is 35.1 Å². The first-order valence-electron chi connectivity index (χ1n) is 6.91. The predicted molar refractivity (Wildman–Crippen MR) is 75.5 cm³/mol. The van der Waals surface area contributed by atoms with Gasteiger partial charge < -0.3 is 10.6 Å². The fraction of sp³-hybridized carbons (Fsp3) is 0.600. The second-order valence-corrected chi connectivity index (χ2v) is 5.98. The Labute approximate surface area is 122 Å². The van der Waals surface area contributed by atoms with Crippen LogP contribution in [0, 0.1) is 5.82 Å². The Morgan fingerprint density at radius 2 is 1.71 bits per heavy atom. The molecule has 0 bridgehead atoms. The summed E-state index contributed by atoms with van der Waals surface area (Å²) in [6.45, 7) is 7.65. The first-order chi connectivity index (χ1) is 9.61. The van der Waals surface area contributed by atoms with Crippen molar-refractivity contribution in [2.45, 2.75) is 45.5 Å². The van der Waals surface area contributed by atoms with Crippen molar-refractivity contribution < 1.29 is 17.6 Å². The molecule has 0 aliphatic rings. The SMILES string of the molecule is CC(C)(C)NCCCNCc1cccc(C(F)(F)F)c1F. The van der Waals surface area contributed by atoms with Crippen LogP contribution in [0.5, 0.6) is 0 Å². The van der Waals surface area contributed by atoms with Crippen molar-refractivity contribution in [1.29, 1.82) is 0 Å². The average molecular weight is 306 g/mol. The van der Waals surface area contributed by atoms with Crippen LogP contribution in [-0.4, -0.2) is 18.6 Å². The van der Waals surface area contributed by atoms with Gasteiger partial charge in [-0.05, 0) is 46.3 Å². The summed E-state index contributed by atoms with van der Waals surface area (Å²) < 4.78 is 51.4. The summed E-state index contributed by atoms with van der Waals surface area (Å²) in [5.74, 6) is -1.19. The maximum atomic E-state index is 13.7. The molecule has 0 unspecified atom stereocenters. The van der Waals surface area contributed by atoms with Crippen molar-refractivity contribution in [1.82, 2.24) is 10.6 Å². The van der Waals surface area contributed by atoms with E-state index in [9.17, 15) is 17.6 Å². The lowest BCUT2D eigenvalue weighted by molar-refractivity contribution is -0.140. The van der Waals surface area contributed by atoms with Gasteiger partial charge in [-0.3, -0.25) is 0 Å². The summed E-state index contributed by atoms with van der Waals surface area (Å²) in [5.41, 5.74) is -1.14. The Balaban J connectivity index is 2.43. The molecule has 0 atom stereocenters. The second kappa shape index (κ2) is 7.22. The van der Waals surface area contributed by atoms with Crippen molar-refractivity contribution in [3.8, 4) is 0 Å². The van der Waals surface area contributed by atoms with Crippen LogP contribution in [0.2, 0.25) is 0 Å². The molecule has 0 aliphatic heterocycles. The van der Waals surface area contributed by atoms with E-state index < -0.39 is 17.6 Å². The van der Waals surface area contributed by atoms with Crippen LogP contribution in [0.1, 0.15) is 38.3 Å². The summed E-state index contributed by atoms with van der Waals surface area (Å²) in [6, 6.07) is 3.35. The number of nitrogens with one attached hydrogen (secondary N) is 2. The maximum Gasteiger partial charge on any atom is 0.419 e. The smallest absolute Gasteiger partial charge is 0.313 e. The van der Waals surface area contributed by atoms with Gasteiger partial charge in [0, 0.05) is 17.6 Å². The van der Waals surface area contributed by atoms with Gasteiger partial charge in [-0.15, -0.1) is 0 Å². The Morgan fingerprint density at radius 3 is 2.29 bits per heavy atom. The highest BCUT2D eigenvalue weighted by Crippen LogP contribution is 2.32. The highest BCUT2D eigenvalue weighted by atomic mass is 19.4. The van der Waals surface area contributed by atoms with Crippen LogP contribution in [0.4, 0.5) is 17.6 Å². The number of hydrogen-bond acceptors (Lipinski definition) is 2. The van der Waals surface area contributed by atoms with Gasteiger partial charge in [0.1, 0.15) is 5.82 Å². The predicted octanol–water partition coefficient (Wildman–Crippen LogP) is 3.71. The molecule has 0 aliphatic carbocycles. The summed E-state index contributed by atoms with van der Waals surface area (Å²) in [5, 5.41) is 6.26. The summed E-state index contributed by atoms with van der Waals surface area (Å²) in [4.78, 5) is 0. The minimum Gasteiger partial charge on any atom is -0.313 e. The van der Waals surface area contributed by atoms with Gasteiger partial charge in [0.25, 0.3) is 0 Å². The number of halogens is 4. The number of hydrogen-bond donors (Lipinski definition) is 2. The first kappa shape index (κ1) is 17.9. The molecular weight excluding hydrogens is 284 g/mol. The van der Waals surface area contributed by atoms with Crippen LogP contribution >= 0.6 is 0 Å². The third-order valence-corrected chi connectivity index (χ3v) is 2.89. The molecule has 0 saturated carbocycles. The van der Waals surface area contributed by atoms with Crippen molar-refractivity contribution >= 4 is 0 Å². The molecule has 0 amide bonds. The number of alkyl halides is 3. The zero-order valence-electron chi connectivity index (χ0n) is 12.6. The molecule has 1 aromatic carbocycles. The molecule has 1 aromatic rings. The van der Waals surface area contributed by atoms with E-state index in [4.69, 9.17) is 0 Å². The van der Waals surface area contributed by atoms with Gasteiger partial charge in [-0.2, -0.15) is 13.2 Å². The molecular formula is C15H22F4N2. The minimum atomic E-state index is -4.66. The van der Waals surface area contributed by atoms with E-state index in [0.717, 1.165) is 19.0 Å². The van der Waals surface area contributed by atoms with Crippen molar-refractivity contribution in [2.75, 3.05) is 13.1 Å². The largest absolute Gasteiger partial charge is 0.419 e. The fourth-order valence-corrected chi connectivity index (χ4v) is 1.84. The molecule has 0 radical (unpaired) electrons. The van der Waals surface area contributed by atoms with Crippen molar-refractivity contribution in [3.63, 3.8) is 0 Å². The molecule has 0 aromatic heterocycles. The Kier molecular flexibility index (Phi) is 6.16. The number of benzene rings is 1. The van der Waals surface area contributed by atoms with Gasteiger partial charge in [0.05, 0.1) is 5.56 Å². The fourth-order valence-electron chi connectivity index (χ4n) is 1.84. The second-order valence-electron chi connectivity index (χ2n) is 5.98. The number of rotatable bonds is 6. The van der Waals surface area contributed by atoms with E-state index in [1.807, 2.05) is 0 Å². The van der Waals surface area contributed by atoms with E-state index in [0.29, 0.717) is 6.54 Å². The quantitative estimate of drug-likeness (QED) is 0.618. The Hall–Kier alpha value is -1.14. The third-order valence-electron chi connectivity index (χ3n) is 2.89. The van der Waals surface area contributed by atoms with Gasteiger partial charge in [0.2, 0.25) is 0 Å². The lowest BCUT2D eigenvalue weighted by Crippen LogP contribution is -2.37. The lowest BCUT2D eigenvalue weighted by atomic mass is 10.1. The third kappa shape index (κ3) is 6.44. The van der Waals surface area contributed by atoms with Gasteiger partial charge in [-0.25, -0.2) is 4.39 Å². The van der Waals surface area contributed by atoms with Crippen LogP contribution in [0.25, 0.3) is 0 Å². The normalized spacial score (nSPS) is 12.7. The summed E-state index contributed by atoms with van der Waals surface area (Å²) >= 11 is 0. The maximum absolute atomic E-state index is 13.7. The lowest BCUT2D eigenvalue weighted by Gasteiger charge is -2.20. The average Bonchev–Trinajstić information content (AvgIpc) is 2.32. The van der Waals surface area contributed by atoms with Gasteiger partial charge in [0.15, 0.2) is 0 Å². The zero-order valence-corrected chi connectivity index (χ0v) is 12.6. The van der Waals surface area contributed by atoms with Crippen LogP contribution in [0.3, 0.4) is 0 Å². The molecule has 0 saturated heterocycles. The first-order valence-corrected chi connectivity index (χ1v) is 6.91. The topological polar surface area (TPSA) is 24.1 Å². The molecule has 0 heterocycles. The van der Waals surface area contributed by atoms with Gasteiger partial charge in [-0.1, -0.05) is 12.1 Å². The molecule has 2 nitrogen and oxygen atoms in total. The van der Waals surface area contributed by atoms with Crippen LogP contribution in [-0.2, 0) is 12.7 Å². The minimum absolute atomic E-state index is 0.0349. The molecule has 6 heteroatoms. The van der Waals surface area contributed by atoms with E-state index in [2.05, 4.69) is 31.4 Å². The van der Waals surface area contributed by atoms with Crippen molar-refractivity contribution in [2.24, 2.45) is 0 Å². The summed E-state index contributed by atoms with van der Waals surface area (Å²) in [7, 11) is 0. The Bertz CT molecular complexity index is 450. The molecule has 0 fully saturated rings. The van der Waals surface area contributed by atoms with E-state index in [1.165, 1.54) is 12.1 Å². The van der Waals surface area contributed by atoms with Crippen LogP contribution in [0.15, 0.2) is 18.2 Å². The molecule has 1 rings (SSSR count). The summed E-state index contributed by atoms with van der Waals surface area (Å²) in [6.07, 6.45) is -3.84. The monoisotopic (exact) mass is 306 g/mol. The standard InChI is InChI=1S/C15H22F4N2/c1-14(2,3)21-9-5-8-20-10-11-6-4-7-12(13(11)16)15(17,18)19/h4,6-7,20-21H,5,8-10H2,1-3H3. The van der Waals surface area contributed by atoms with Crippen LogP contribution < -0.4 is 10.6 Å². The van der Waals surface area contributed by atoms with E-state index in [1.54, 1.807) is 0 Å². The zero-order chi connectivity index (χ0) is 16.1. The highest BCUT2D eigenvalue weighted by molar-refractivity contribution is 5.28. The van der Waals surface area contributed by atoms with E-state index >= 15 is 0 Å². The van der Waals surface area contributed by atoms with Gasteiger partial charge >= 0.3 is 6.18 Å². The molecule has 0 spiro atoms. The Morgan fingerprint density at radius 1 is 1.05 bits per heavy atom. The molecule has 120 valence electrons. The molecule has 2 N–H and O–H groups in total. The molecule has 21 heavy (non-hydrogen) atoms. The highest BCUT2D eigenvalue weighted by Gasteiger charge is 2.34. The van der Waals surface area contributed by atoms with E-state index in [-0.39, 0.29) is 17.6 Å².